The van der Waals surface area contributed by atoms with Crippen LogP contribution in [0, 0.1) is 6.92 Å². The minimum absolute atomic E-state index is 0.375. The van der Waals surface area contributed by atoms with Crippen LogP contribution in [0.1, 0.15) is 16.2 Å². The van der Waals surface area contributed by atoms with Gasteiger partial charge >= 0.3 is 5.97 Å². The van der Waals surface area contributed by atoms with Gasteiger partial charge in [0.1, 0.15) is 6.04 Å². The van der Waals surface area contributed by atoms with Gasteiger partial charge in [-0.25, -0.2) is 4.79 Å². The van der Waals surface area contributed by atoms with Crippen molar-refractivity contribution in [2.75, 3.05) is 12.0 Å². The minimum atomic E-state index is -0.997. The first kappa shape index (κ1) is 15.8. The first-order valence-corrected chi connectivity index (χ1v) is 8.00. The highest BCUT2D eigenvalue weighted by Gasteiger charge is 2.17. The average molecular weight is 299 g/mol. The zero-order valence-electron chi connectivity index (χ0n) is 10.9. The number of amides is 1. The topological polar surface area (TPSA) is 66.4 Å². The summed E-state index contributed by atoms with van der Waals surface area (Å²) in [7, 11) is 0. The van der Waals surface area contributed by atoms with E-state index in [1.54, 1.807) is 29.2 Å². The van der Waals surface area contributed by atoms with Gasteiger partial charge in [-0.3, -0.25) is 4.79 Å². The van der Waals surface area contributed by atoms with Crippen molar-refractivity contribution in [3.63, 3.8) is 0 Å². The summed E-state index contributed by atoms with van der Waals surface area (Å²) in [5.74, 6) is -0.673. The van der Waals surface area contributed by atoms with Gasteiger partial charge in [-0.05, 0) is 43.6 Å². The van der Waals surface area contributed by atoms with Crippen molar-refractivity contribution in [2.45, 2.75) is 19.4 Å². The molecule has 0 unspecified atom stereocenters. The second-order valence-electron chi connectivity index (χ2n) is 3.96. The second kappa shape index (κ2) is 8.01. The van der Waals surface area contributed by atoms with Crippen molar-refractivity contribution in [1.82, 2.24) is 5.32 Å². The summed E-state index contributed by atoms with van der Waals surface area (Å²) >= 11 is 3.14. The lowest BCUT2D eigenvalue weighted by Gasteiger charge is -2.12. The fourth-order valence-electron chi connectivity index (χ4n) is 1.41. The van der Waals surface area contributed by atoms with Crippen LogP contribution in [0.25, 0.3) is 6.08 Å². The predicted molar refractivity (Wildman–Crippen MR) is 80.7 cm³/mol. The molecule has 0 aliphatic rings. The molecule has 19 heavy (non-hydrogen) atoms. The van der Waals surface area contributed by atoms with Crippen LogP contribution in [0.4, 0.5) is 0 Å². The summed E-state index contributed by atoms with van der Waals surface area (Å²) < 4.78 is 0. The Morgan fingerprint density at radius 1 is 1.53 bits per heavy atom. The smallest absolute Gasteiger partial charge is 0.326 e. The van der Waals surface area contributed by atoms with Gasteiger partial charge in [-0.15, -0.1) is 11.3 Å². The number of carbonyl (C=O) groups excluding carboxylic acids is 1. The Morgan fingerprint density at radius 3 is 2.79 bits per heavy atom. The van der Waals surface area contributed by atoms with E-state index in [1.807, 2.05) is 25.3 Å². The van der Waals surface area contributed by atoms with E-state index in [9.17, 15) is 9.59 Å². The summed E-state index contributed by atoms with van der Waals surface area (Å²) in [5.41, 5.74) is 0. The molecule has 4 nitrogen and oxygen atoms in total. The van der Waals surface area contributed by atoms with Crippen molar-refractivity contribution in [3.05, 3.63) is 28.0 Å². The zero-order valence-corrected chi connectivity index (χ0v) is 12.5. The molecular formula is C13H17NO3S2. The lowest BCUT2D eigenvalue weighted by Crippen LogP contribution is -2.40. The van der Waals surface area contributed by atoms with E-state index < -0.39 is 12.0 Å². The van der Waals surface area contributed by atoms with Crippen molar-refractivity contribution < 1.29 is 14.7 Å². The molecule has 1 aromatic rings. The highest BCUT2D eigenvalue weighted by Crippen LogP contribution is 2.16. The Balaban J connectivity index is 2.52. The van der Waals surface area contributed by atoms with Gasteiger partial charge < -0.3 is 10.4 Å². The van der Waals surface area contributed by atoms with Crippen molar-refractivity contribution in [1.29, 1.82) is 0 Å². The van der Waals surface area contributed by atoms with Gasteiger partial charge in [0.05, 0.1) is 0 Å². The Hall–Kier alpha value is -1.27. The molecule has 0 aliphatic carbocycles. The van der Waals surface area contributed by atoms with Crippen LogP contribution >= 0.6 is 23.1 Å². The number of aryl methyl sites for hydroxylation is 1. The number of carboxylic acid groups (broad SMARTS) is 1. The second-order valence-corrected chi connectivity index (χ2v) is 6.27. The van der Waals surface area contributed by atoms with Crippen LogP contribution < -0.4 is 5.32 Å². The molecule has 0 radical (unpaired) electrons. The third-order valence-electron chi connectivity index (χ3n) is 2.39. The van der Waals surface area contributed by atoms with Crippen LogP contribution in [0.5, 0.6) is 0 Å². The molecule has 1 amide bonds. The SMILES string of the molecule is CSCC[C@@H](NC(=O)/C=C/c1ccc(C)s1)C(=O)O. The number of carbonyl (C=O) groups is 2. The predicted octanol–water partition coefficient (Wildman–Crippen LogP) is 2.39. The van der Waals surface area contributed by atoms with Crippen LogP contribution in [0.2, 0.25) is 0 Å². The first-order valence-electron chi connectivity index (χ1n) is 5.79. The Morgan fingerprint density at radius 2 is 2.26 bits per heavy atom. The molecule has 1 atom stereocenters. The van der Waals surface area contributed by atoms with E-state index >= 15 is 0 Å². The molecular weight excluding hydrogens is 282 g/mol. The molecule has 2 N–H and O–H groups in total. The van der Waals surface area contributed by atoms with Crippen molar-refractivity contribution in [2.24, 2.45) is 0 Å². The highest BCUT2D eigenvalue weighted by atomic mass is 32.2. The van der Waals surface area contributed by atoms with Gasteiger partial charge in [0, 0.05) is 15.8 Å². The number of carboxylic acids is 1. The minimum Gasteiger partial charge on any atom is -0.480 e. The lowest BCUT2D eigenvalue weighted by atomic mass is 10.2. The van der Waals surface area contributed by atoms with Crippen LogP contribution in [0.15, 0.2) is 18.2 Å². The number of hydrogen-bond donors (Lipinski definition) is 2. The lowest BCUT2D eigenvalue weighted by molar-refractivity contribution is -0.141. The number of thioether (sulfide) groups is 1. The summed E-state index contributed by atoms with van der Waals surface area (Å²) in [6, 6.07) is 3.07. The molecule has 0 aromatic carbocycles. The summed E-state index contributed by atoms with van der Waals surface area (Å²) in [4.78, 5) is 24.8. The molecule has 0 fully saturated rings. The molecule has 1 rings (SSSR count). The standard InChI is InChI=1S/C13H17NO3S2/c1-9-3-4-10(19-9)5-6-12(15)14-11(13(16)17)7-8-18-2/h3-6,11H,7-8H2,1-2H3,(H,14,15)(H,16,17)/b6-5+/t11-/m1/s1. The maximum Gasteiger partial charge on any atom is 0.326 e. The molecule has 6 heteroatoms. The quantitative estimate of drug-likeness (QED) is 0.759. The fourth-order valence-corrected chi connectivity index (χ4v) is 2.67. The highest BCUT2D eigenvalue weighted by molar-refractivity contribution is 7.98. The third kappa shape index (κ3) is 5.94. The summed E-state index contributed by atoms with van der Waals surface area (Å²) in [6.07, 6.45) is 5.40. The van der Waals surface area contributed by atoms with Gasteiger partial charge in [0.15, 0.2) is 0 Å². The third-order valence-corrected chi connectivity index (χ3v) is 4.00. The van der Waals surface area contributed by atoms with Crippen molar-refractivity contribution in [3.8, 4) is 0 Å². The van der Waals surface area contributed by atoms with Gasteiger partial charge in [-0.2, -0.15) is 11.8 Å². The Kier molecular flexibility index (Phi) is 6.66. The number of thiophene rings is 1. The molecule has 0 aliphatic heterocycles. The molecule has 104 valence electrons. The monoisotopic (exact) mass is 299 g/mol. The number of rotatable bonds is 7. The van der Waals surface area contributed by atoms with E-state index in [-0.39, 0.29) is 5.91 Å². The number of aliphatic carboxylic acids is 1. The normalized spacial score (nSPS) is 12.5. The van der Waals surface area contributed by atoms with Gasteiger partial charge in [-0.1, -0.05) is 0 Å². The zero-order chi connectivity index (χ0) is 14.3. The molecule has 1 heterocycles. The largest absolute Gasteiger partial charge is 0.480 e. The van der Waals surface area contributed by atoms with Crippen LogP contribution in [-0.2, 0) is 9.59 Å². The first-order chi connectivity index (χ1) is 9.02. The molecule has 0 bridgehead atoms. The Bertz CT molecular complexity index is 468. The van der Waals surface area contributed by atoms with E-state index in [0.717, 1.165) is 4.88 Å². The van der Waals surface area contributed by atoms with E-state index in [2.05, 4.69) is 5.32 Å². The van der Waals surface area contributed by atoms with E-state index in [4.69, 9.17) is 5.11 Å². The molecule has 0 spiro atoms. The van der Waals surface area contributed by atoms with E-state index in [0.29, 0.717) is 12.2 Å². The molecule has 1 aromatic heterocycles. The Labute approximate surface area is 120 Å². The van der Waals surface area contributed by atoms with Crippen molar-refractivity contribution >= 4 is 41.1 Å². The molecule has 0 saturated carbocycles. The maximum atomic E-state index is 11.6. The van der Waals surface area contributed by atoms with Gasteiger partial charge in [0.25, 0.3) is 0 Å². The van der Waals surface area contributed by atoms with Crippen LogP contribution in [-0.4, -0.2) is 35.0 Å². The fraction of sp³-hybridized carbons (Fsp3) is 0.385. The summed E-state index contributed by atoms with van der Waals surface area (Å²) in [5, 5.41) is 11.5. The van der Waals surface area contributed by atoms with E-state index in [1.165, 1.54) is 11.0 Å². The number of nitrogens with one attached hydrogen (secondary N) is 1. The average Bonchev–Trinajstić information content (AvgIpc) is 2.77. The number of hydrogen-bond acceptors (Lipinski definition) is 4. The van der Waals surface area contributed by atoms with Gasteiger partial charge in [0.2, 0.25) is 5.91 Å². The van der Waals surface area contributed by atoms with Crippen LogP contribution in [0.3, 0.4) is 0 Å². The molecule has 0 saturated heterocycles. The maximum absolute atomic E-state index is 11.6. The summed E-state index contributed by atoms with van der Waals surface area (Å²) in [6.45, 7) is 1.99.